The number of rotatable bonds is 3. The van der Waals surface area contributed by atoms with Crippen molar-refractivity contribution in [1.82, 2.24) is 4.90 Å². The Hall–Kier alpha value is -0.130. The molecule has 3 fully saturated rings. The van der Waals surface area contributed by atoms with Crippen LogP contribution in [0.2, 0.25) is 0 Å². The normalized spacial score (nSPS) is 42.4. The van der Waals surface area contributed by atoms with Crippen LogP contribution in [0.1, 0.15) is 58.3 Å². The number of nitrogens with zero attached hydrogens (tertiary/aromatic N) is 1. The van der Waals surface area contributed by atoms with Crippen molar-refractivity contribution in [3.63, 3.8) is 0 Å². The van der Waals surface area contributed by atoms with Gasteiger partial charge in [0.15, 0.2) is 9.84 Å². The molecule has 0 aromatic heterocycles. The van der Waals surface area contributed by atoms with E-state index in [2.05, 4.69) is 11.8 Å². The molecule has 1 saturated carbocycles. The molecule has 3 rings (SSSR count). The lowest BCUT2D eigenvalue weighted by Crippen LogP contribution is -2.51. The van der Waals surface area contributed by atoms with E-state index in [1.807, 2.05) is 0 Å². The highest BCUT2D eigenvalue weighted by Gasteiger charge is 2.38. The summed E-state index contributed by atoms with van der Waals surface area (Å²) in [6.07, 6.45) is 8.57. The van der Waals surface area contributed by atoms with Gasteiger partial charge in [-0.05, 0) is 63.3 Å². The van der Waals surface area contributed by atoms with E-state index in [0.29, 0.717) is 35.3 Å². The van der Waals surface area contributed by atoms with Crippen molar-refractivity contribution in [3.05, 3.63) is 0 Å². The highest BCUT2D eigenvalue weighted by molar-refractivity contribution is 7.91. The minimum absolute atomic E-state index is 0.160. The van der Waals surface area contributed by atoms with Gasteiger partial charge in [-0.2, -0.15) is 0 Å². The lowest BCUT2D eigenvalue weighted by molar-refractivity contribution is -0.0217. The monoisotopic (exact) mass is 343 g/mol. The second-order valence-corrected chi connectivity index (χ2v) is 10.6. The van der Waals surface area contributed by atoms with Crippen molar-refractivity contribution in [2.75, 3.05) is 24.6 Å². The van der Waals surface area contributed by atoms with Gasteiger partial charge < -0.3 is 5.11 Å². The second kappa shape index (κ2) is 7.40. The topological polar surface area (TPSA) is 57.6 Å². The highest BCUT2D eigenvalue weighted by atomic mass is 32.2. The molecule has 1 aliphatic carbocycles. The third kappa shape index (κ3) is 4.49. The summed E-state index contributed by atoms with van der Waals surface area (Å²) in [4.78, 5) is 2.54. The Morgan fingerprint density at radius 2 is 1.91 bits per heavy atom. The van der Waals surface area contributed by atoms with Crippen LogP contribution in [0.4, 0.5) is 0 Å². The smallest absolute Gasteiger partial charge is 0.150 e. The first-order valence-electron chi connectivity index (χ1n) is 9.57. The predicted octanol–water partition coefficient (Wildman–Crippen LogP) is 2.46. The molecule has 5 unspecified atom stereocenters. The Balaban J connectivity index is 1.66. The Kier molecular flexibility index (Phi) is 5.69. The zero-order valence-electron chi connectivity index (χ0n) is 14.5. The summed E-state index contributed by atoms with van der Waals surface area (Å²) in [5.41, 5.74) is 0. The Labute approximate surface area is 141 Å². The molecule has 0 spiro atoms. The maximum Gasteiger partial charge on any atom is 0.150 e. The van der Waals surface area contributed by atoms with E-state index in [1.54, 1.807) is 0 Å². The fourth-order valence-corrected chi connectivity index (χ4v) is 6.91. The molecule has 1 N–H and O–H groups in total. The van der Waals surface area contributed by atoms with Gasteiger partial charge in [0.1, 0.15) is 0 Å². The maximum absolute atomic E-state index is 11.9. The van der Waals surface area contributed by atoms with Gasteiger partial charge in [-0.3, -0.25) is 4.90 Å². The predicted molar refractivity (Wildman–Crippen MR) is 93.1 cm³/mol. The summed E-state index contributed by atoms with van der Waals surface area (Å²) in [6, 6.07) is 0.464. The summed E-state index contributed by atoms with van der Waals surface area (Å²) in [6.45, 7) is 4.31. The van der Waals surface area contributed by atoms with Crippen molar-refractivity contribution < 1.29 is 13.5 Å². The lowest BCUT2D eigenvalue weighted by atomic mass is 9.74. The van der Waals surface area contributed by atoms with E-state index in [0.717, 1.165) is 45.2 Å². The molecule has 0 bridgehead atoms. The van der Waals surface area contributed by atoms with Crippen LogP contribution < -0.4 is 0 Å². The first kappa shape index (κ1) is 17.7. The summed E-state index contributed by atoms with van der Waals surface area (Å²) < 4.78 is 23.8. The largest absolute Gasteiger partial charge is 0.393 e. The fraction of sp³-hybridized carbons (Fsp3) is 1.00. The van der Waals surface area contributed by atoms with Crippen molar-refractivity contribution in [2.24, 2.45) is 17.8 Å². The van der Waals surface area contributed by atoms with E-state index in [4.69, 9.17) is 0 Å². The van der Waals surface area contributed by atoms with E-state index in [1.165, 1.54) is 19.3 Å². The Bertz CT molecular complexity index is 492. The van der Waals surface area contributed by atoms with Crippen molar-refractivity contribution in [1.29, 1.82) is 0 Å². The summed E-state index contributed by atoms with van der Waals surface area (Å²) in [7, 11) is -2.82. The average Bonchev–Trinajstić information content (AvgIpc) is 2.49. The number of aliphatic hydroxyl groups is 1. The fourth-order valence-electron chi connectivity index (χ4n) is 5.14. The van der Waals surface area contributed by atoms with Gasteiger partial charge in [-0.25, -0.2) is 8.42 Å². The van der Waals surface area contributed by atoms with Crippen LogP contribution in [0.15, 0.2) is 0 Å². The number of sulfone groups is 1. The van der Waals surface area contributed by atoms with Gasteiger partial charge in [-0.1, -0.05) is 13.3 Å². The quantitative estimate of drug-likeness (QED) is 0.855. The van der Waals surface area contributed by atoms with Crippen LogP contribution in [-0.2, 0) is 9.84 Å². The van der Waals surface area contributed by atoms with Crippen LogP contribution in [-0.4, -0.2) is 55.2 Å². The molecule has 5 atom stereocenters. The molecule has 2 heterocycles. The van der Waals surface area contributed by atoms with Crippen molar-refractivity contribution in [2.45, 2.75) is 70.4 Å². The van der Waals surface area contributed by atoms with Crippen molar-refractivity contribution in [3.8, 4) is 0 Å². The molecule has 4 nitrogen and oxygen atoms in total. The molecule has 3 aliphatic rings. The summed E-state index contributed by atoms with van der Waals surface area (Å²) in [5.74, 6) is 2.15. The number of hydrogen-bond acceptors (Lipinski definition) is 4. The molecule has 134 valence electrons. The molecule has 0 aromatic carbocycles. The number of likely N-dealkylation sites (tertiary alicyclic amines) is 1. The molecule has 2 saturated heterocycles. The number of piperidine rings is 1. The zero-order chi connectivity index (χ0) is 16.4. The number of hydrogen-bond donors (Lipinski definition) is 1. The number of aliphatic hydroxyl groups excluding tert-OH is 1. The molecule has 23 heavy (non-hydrogen) atoms. The molecular formula is C18H33NO3S. The standard InChI is InChI=1S/C18H33NO3S/c1-14-7-8-18(20)16(11-14)17-6-2-3-9-19(17)12-15-5-4-10-23(21,22)13-15/h14-18,20H,2-13H2,1H3. The van der Waals surface area contributed by atoms with Gasteiger partial charge in [0.05, 0.1) is 17.6 Å². The first-order chi connectivity index (χ1) is 10.9. The van der Waals surface area contributed by atoms with Gasteiger partial charge in [0.2, 0.25) is 0 Å². The van der Waals surface area contributed by atoms with Gasteiger partial charge in [-0.15, -0.1) is 0 Å². The minimum Gasteiger partial charge on any atom is -0.393 e. The van der Waals surface area contributed by atoms with Crippen LogP contribution >= 0.6 is 0 Å². The minimum atomic E-state index is -2.82. The Morgan fingerprint density at radius 3 is 2.70 bits per heavy atom. The third-order valence-corrected chi connectivity index (χ3v) is 8.22. The van der Waals surface area contributed by atoms with E-state index in [-0.39, 0.29) is 6.10 Å². The van der Waals surface area contributed by atoms with Gasteiger partial charge in [0.25, 0.3) is 0 Å². The van der Waals surface area contributed by atoms with Crippen LogP contribution in [0, 0.1) is 17.8 Å². The van der Waals surface area contributed by atoms with Crippen LogP contribution in [0.25, 0.3) is 0 Å². The Morgan fingerprint density at radius 1 is 1.09 bits per heavy atom. The van der Waals surface area contributed by atoms with E-state index >= 15 is 0 Å². The lowest BCUT2D eigenvalue weighted by Gasteiger charge is -2.46. The van der Waals surface area contributed by atoms with Crippen LogP contribution in [0.5, 0.6) is 0 Å². The average molecular weight is 344 g/mol. The SMILES string of the molecule is CC1CCC(O)C(C2CCCCN2CC2CCCS(=O)(=O)C2)C1. The highest BCUT2D eigenvalue weighted by Crippen LogP contribution is 2.37. The van der Waals surface area contributed by atoms with E-state index < -0.39 is 9.84 Å². The summed E-state index contributed by atoms with van der Waals surface area (Å²) >= 11 is 0. The molecule has 2 aliphatic heterocycles. The molecule has 0 amide bonds. The second-order valence-electron chi connectivity index (χ2n) is 8.33. The van der Waals surface area contributed by atoms with Gasteiger partial charge in [0, 0.05) is 18.5 Å². The molecular weight excluding hydrogens is 310 g/mol. The molecule has 0 aromatic rings. The summed E-state index contributed by atoms with van der Waals surface area (Å²) in [5, 5.41) is 10.5. The first-order valence-corrected chi connectivity index (χ1v) is 11.4. The maximum atomic E-state index is 11.9. The van der Waals surface area contributed by atoms with Gasteiger partial charge >= 0.3 is 0 Å². The van der Waals surface area contributed by atoms with E-state index in [9.17, 15) is 13.5 Å². The van der Waals surface area contributed by atoms with Crippen LogP contribution in [0.3, 0.4) is 0 Å². The molecule has 0 radical (unpaired) electrons. The zero-order valence-corrected chi connectivity index (χ0v) is 15.3. The third-order valence-electron chi connectivity index (χ3n) is 6.33. The molecule has 5 heteroatoms. The van der Waals surface area contributed by atoms with Crippen molar-refractivity contribution >= 4 is 9.84 Å².